The molecule has 0 aliphatic heterocycles. The first-order valence-electron chi connectivity index (χ1n) is 10.4. The summed E-state index contributed by atoms with van der Waals surface area (Å²) in [5, 5.41) is 0. The fourth-order valence-electron chi connectivity index (χ4n) is 3.84. The van der Waals surface area contributed by atoms with Crippen LogP contribution in [0.5, 0.6) is 0 Å². The summed E-state index contributed by atoms with van der Waals surface area (Å²) in [6.45, 7) is 8.50. The van der Waals surface area contributed by atoms with E-state index < -0.39 is 8.80 Å². The van der Waals surface area contributed by atoms with Crippen molar-refractivity contribution in [1.29, 1.82) is 0 Å². The van der Waals surface area contributed by atoms with Gasteiger partial charge >= 0.3 is 8.80 Å². The molecule has 0 atom stereocenters. The lowest BCUT2D eigenvalue weighted by Crippen LogP contribution is -2.46. The van der Waals surface area contributed by atoms with Gasteiger partial charge in [-0.05, 0) is 76.5 Å². The van der Waals surface area contributed by atoms with Gasteiger partial charge in [-0.3, -0.25) is 0 Å². The minimum atomic E-state index is -2.55. The van der Waals surface area contributed by atoms with Gasteiger partial charge < -0.3 is 18.0 Å². The number of rotatable bonds is 12. The zero-order valence-electron chi connectivity index (χ0n) is 17.0. The number of hydrogen-bond acceptors (Lipinski definition) is 4. The summed E-state index contributed by atoms with van der Waals surface area (Å²) < 4.78 is 36.8. The summed E-state index contributed by atoms with van der Waals surface area (Å²) in [5.41, 5.74) is 1.25. The molecule has 1 aromatic rings. The molecule has 0 amide bonds. The molecule has 0 spiro atoms. The van der Waals surface area contributed by atoms with Crippen molar-refractivity contribution < 1.29 is 22.4 Å². The van der Waals surface area contributed by atoms with Crippen LogP contribution in [0.15, 0.2) is 24.3 Å². The molecule has 6 heteroatoms. The molecule has 2 rings (SSSR count). The minimum absolute atomic E-state index is 0.165. The van der Waals surface area contributed by atoms with Gasteiger partial charge in [0.25, 0.3) is 0 Å². The fourth-order valence-corrected chi connectivity index (χ4v) is 6.42. The second-order valence-electron chi connectivity index (χ2n) is 6.98. The molecule has 4 nitrogen and oxygen atoms in total. The van der Waals surface area contributed by atoms with E-state index in [1.165, 1.54) is 5.56 Å². The van der Waals surface area contributed by atoms with E-state index in [0.717, 1.165) is 38.1 Å². The first-order chi connectivity index (χ1) is 13.1. The lowest BCUT2D eigenvalue weighted by Gasteiger charge is -2.30. The molecular formula is C21H35FO4Si. The average molecular weight is 399 g/mol. The summed E-state index contributed by atoms with van der Waals surface area (Å²) in [6, 6.07) is 7.75. The van der Waals surface area contributed by atoms with Gasteiger partial charge in [0.05, 0.1) is 6.10 Å². The van der Waals surface area contributed by atoms with Crippen molar-refractivity contribution in [3.8, 4) is 0 Å². The van der Waals surface area contributed by atoms with Gasteiger partial charge in [-0.1, -0.05) is 12.1 Å². The molecular weight excluding hydrogens is 363 g/mol. The number of benzene rings is 1. The monoisotopic (exact) mass is 398 g/mol. The Bertz CT molecular complexity index is 500. The van der Waals surface area contributed by atoms with Gasteiger partial charge in [0.15, 0.2) is 0 Å². The predicted molar refractivity (Wildman–Crippen MR) is 107 cm³/mol. The maximum absolute atomic E-state index is 13.1. The molecule has 0 heterocycles. The molecule has 0 radical (unpaired) electrons. The SMILES string of the molecule is CCO[Si](CCCO[C@H]1CC[C@H](c2ccc(F)cc2)CC1)(OCC)OCC. The van der Waals surface area contributed by atoms with E-state index in [9.17, 15) is 4.39 Å². The lowest BCUT2D eigenvalue weighted by atomic mass is 9.83. The molecule has 1 aliphatic rings. The van der Waals surface area contributed by atoms with Crippen LogP contribution in [0, 0.1) is 5.82 Å². The average Bonchev–Trinajstić information content (AvgIpc) is 2.67. The number of hydrogen-bond donors (Lipinski definition) is 0. The standard InChI is InChI=1S/C21H35FO4Si/c1-4-24-27(25-5-2,26-6-3)17-7-16-23-21-14-10-19(11-15-21)18-8-12-20(22)13-9-18/h8-9,12-13,19,21H,4-7,10-11,14-17H2,1-3H3/t19-,21-. The van der Waals surface area contributed by atoms with Crippen molar-refractivity contribution >= 4 is 8.80 Å². The molecule has 1 aromatic carbocycles. The van der Waals surface area contributed by atoms with E-state index in [1.54, 1.807) is 12.1 Å². The number of halogens is 1. The Morgan fingerprint density at radius 3 is 1.96 bits per heavy atom. The smallest absolute Gasteiger partial charge is 0.378 e. The summed E-state index contributed by atoms with van der Waals surface area (Å²) in [5.74, 6) is 0.362. The van der Waals surface area contributed by atoms with Crippen molar-refractivity contribution in [3.05, 3.63) is 35.6 Å². The van der Waals surface area contributed by atoms with Crippen LogP contribution >= 0.6 is 0 Å². The molecule has 154 valence electrons. The van der Waals surface area contributed by atoms with Gasteiger partial charge in [-0.15, -0.1) is 0 Å². The van der Waals surface area contributed by atoms with Crippen LogP contribution in [0.2, 0.25) is 6.04 Å². The Hall–Kier alpha value is -0.793. The molecule has 1 fully saturated rings. The second kappa shape index (κ2) is 11.9. The van der Waals surface area contributed by atoms with Crippen molar-refractivity contribution in [2.75, 3.05) is 26.4 Å². The summed E-state index contributed by atoms with van der Waals surface area (Å²) >= 11 is 0. The van der Waals surface area contributed by atoms with E-state index in [0.29, 0.717) is 38.4 Å². The number of ether oxygens (including phenoxy) is 1. The largest absolute Gasteiger partial charge is 0.501 e. The Morgan fingerprint density at radius 1 is 0.889 bits per heavy atom. The molecule has 1 saturated carbocycles. The Kier molecular flexibility index (Phi) is 9.93. The maximum Gasteiger partial charge on any atom is 0.501 e. The summed E-state index contributed by atoms with van der Waals surface area (Å²) in [4.78, 5) is 0. The van der Waals surface area contributed by atoms with Crippen LogP contribution in [0.3, 0.4) is 0 Å². The molecule has 0 aromatic heterocycles. The summed E-state index contributed by atoms with van der Waals surface area (Å²) in [7, 11) is -2.55. The van der Waals surface area contributed by atoms with Gasteiger partial charge in [0.2, 0.25) is 0 Å². The van der Waals surface area contributed by atoms with Crippen LogP contribution in [-0.2, 0) is 18.0 Å². The normalized spacial score (nSPS) is 20.7. The molecule has 0 saturated heterocycles. The van der Waals surface area contributed by atoms with Gasteiger partial charge in [0.1, 0.15) is 5.82 Å². The highest BCUT2D eigenvalue weighted by molar-refractivity contribution is 6.60. The molecule has 1 aliphatic carbocycles. The van der Waals surface area contributed by atoms with Crippen molar-refractivity contribution in [1.82, 2.24) is 0 Å². The van der Waals surface area contributed by atoms with Gasteiger partial charge in [-0.2, -0.15) is 0 Å². The van der Waals surface area contributed by atoms with Gasteiger partial charge in [0, 0.05) is 32.5 Å². The third-order valence-electron chi connectivity index (χ3n) is 5.09. The Morgan fingerprint density at radius 2 is 1.44 bits per heavy atom. The van der Waals surface area contributed by atoms with Crippen molar-refractivity contribution in [3.63, 3.8) is 0 Å². The lowest BCUT2D eigenvalue weighted by molar-refractivity contribution is 0.0202. The topological polar surface area (TPSA) is 36.9 Å². The Labute approximate surface area is 164 Å². The fraction of sp³-hybridized carbons (Fsp3) is 0.714. The quantitative estimate of drug-likeness (QED) is 0.353. The third-order valence-corrected chi connectivity index (χ3v) is 8.24. The van der Waals surface area contributed by atoms with E-state index >= 15 is 0 Å². The van der Waals surface area contributed by atoms with Crippen LogP contribution in [0.25, 0.3) is 0 Å². The van der Waals surface area contributed by atoms with Crippen LogP contribution < -0.4 is 0 Å². The zero-order chi connectivity index (χ0) is 19.5. The minimum Gasteiger partial charge on any atom is -0.378 e. The molecule has 0 bridgehead atoms. The predicted octanol–water partition coefficient (Wildman–Crippen LogP) is 5.31. The van der Waals surface area contributed by atoms with Crippen LogP contribution in [-0.4, -0.2) is 41.3 Å². The van der Waals surface area contributed by atoms with Crippen LogP contribution in [0.4, 0.5) is 4.39 Å². The van der Waals surface area contributed by atoms with E-state index in [-0.39, 0.29) is 5.82 Å². The third kappa shape index (κ3) is 7.27. The van der Waals surface area contributed by atoms with E-state index in [4.69, 9.17) is 18.0 Å². The van der Waals surface area contributed by atoms with E-state index in [2.05, 4.69) is 0 Å². The maximum atomic E-state index is 13.1. The highest BCUT2D eigenvalue weighted by Gasteiger charge is 2.39. The highest BCUT2D eigenvalue weighted by atomic mass is 28.4. The first kappa shape index (κ1) is 22.5. The van der Waals surface area contributed by atoms with Gasteiger partial charge in [-0.25, -0.2) is 4.39 Å². The van der Waals surface area contributed by atoms with Crippen molar-refractivity contribution in [2.45, 2.75) is 70.9 Å². The zero-order valence-corrected chi connectivity index (χ0v) is 18.0. The summed E-state index contributed by atoms with van der Waals surface area (Å²) in [6.07, 6.45) is 5.55. The first-order valence-corrected chi connectivity index (χ1v) is 12.3. The highest BCUT2D eigenvalue weighted by Crippen LogP contribution is 2.34. The molecule has 0 unspecified atom stereocenters. The van der Waals surface area contributed by atoms with E-state index in [1.807, 2.05) is 32.9 Å². The molecule has 27 heavy (non-hydrogen) atoms. The Balaban J connectivity index is 1.70. The second-order valence-corrected chi connectivity index (χ2v) is 9.71. The van der Waals surface area contributed by atoms with Crippen LogP contribution in [0.1, 0.15) is 64.4 Å². The van der Waals surface area contributed by atoms with Crippen molar-refractivity contribution in [2.24, 2.45) is 0 Å². The molecule has 0 N–H and O–H groups in total.